The first-order chi connectivity index (χ1) is 6.70. The van der Waals surface area contributed by atoms with Crippen LogP contribution < -0.4 is 0 Å². The standard InChI is InChI=1S/C12H24Br2/c1-3-5-7-11(13)9-10-12(14)8-6-4-2/h11-12H,3-10H2,1-2H3. The third kappa shape index (κ3) is 9.51. The van der Waals surface area contributed by atoms with E-state index >= 15 is 0 Å². The van der Waals surface area contributed by atoms with Crippen molar-refractivity contribution in [2.45, 2.75) is 74.9 Å². The molecule has 14 heavy (non-hydrogen) atoms. The van der Waals surface area contributed by atoms with E-state index in [1.54, 1.807) is 0 Å². The minimum atomic E-state index is 0.740. The van der Waals surface area contributed by atoms with Gasteiger partial charge in [-0.05, 0) is 25.7 Å². The molecule has 0 aromatic rings. The Hall–Kier alpha value is 0.960. The van der Waals surface area contributed by atoms with Gasteiger partial charge in [-0.15, -0.1) is 0 Å². The number of hydrogen-bond donors (Lipinski definition) is 0. The maximum atomic E-state index is 3.75. The van der Waals surface area contributed by atoms with Crippen molar-refractivity contribution >= 4 is 31.9 Å². The molecular formula is C12H24Br2. The van der Waals surface area contributed by atoms with E-state index in [0.717, 1.165) is 9.65 Å². The van der Waals surface area contributed by atoms with Crippen molar-refractivity contribution in [2.75, 3.05) is 0 Å². The first-order valence-electron chi connectivity index (χ1n) is 5.98. The minimum Gasteiger partial charge on any atom is -0.0891 e. The van der Waals surface area contributed by atoms with Crippen LogP contribution in [0.15, 0.2) is 0 Å². The smallest absolute Gasteiger partial charge is 0.0146 e. The largest absolute Gasteiger partial charge is 0.0891 e. The lowest BCUT2D eigenvalue weighted by Gasteiger charge is -2.12. The van der Waals surface area contributed by atoms with E-state index in [1.807, 2.05) is 0 Å². The average molecular weight is 328 g/mol. The van der Waals surface area contributed by atoms with E-state index in [0.29, 0.717) is 0 Å². The van der Waals surface area contributed by atoms with E-state index in [9.17, 15) is 0 Å². The third-order valence-corrected chi connectivity index (χ3v) is 4.37. The van der Waals surface area contributed by atoms with Crippen molar-refractivity contribution in [1.82, 2.24) is 0 Å². The van der Waals surface area contributed by atoms with Gasteiger partial charge in [0.25, 0.3) is 0 Å². The molecule has 2 atom stereocenters. The zero-order chi connectivity index (χ0) is 10.8. The molecule has 0 N–H and O–H groups in total. The predicted molar refractivity (Wildman–Crippen MR) is 73.7 cm³/mol. The molecule has 0 aliphatic heterocycles. The van der Waals surface area contributed by atoms with Crippen molar-refractivity contribution in [3.63, 3.8) is 0 Å². The molecule has 0 heterocycles. The van der Waals surface area contributed by atoms with Crippen LogP contribution in [0.25, 0.3) is 0 Å². The van der Waals surface area contributed by atoms with Crippen molar-refractivity contribution in [3.8, 4) is 0 Å². The van der Waals surface area contributed by atoms with Gasteiger partial charge in [0.1, 0.15) is 0 Å². The molecule has 0 radical (unpaired) electrons. The number of alkyl halides is 2. The predicted octanol–water partition coefficient (Wildman–Crippen LogP) is 5.67. The monoisotopic (exact) mass is 326 g/mol. The summed E-state index contributed by atoms with van der Waals surface area (Å²) in [6.07, 6.45) is 10.7. The fourth-order valence-electron chi connectivity index (χ4n) is 1.50. The maximum Gasteiger partial charge on any atom is 0.0146 e. The van der Waals surface area contributed by atoms with E-state index in [1.165, 1.54) is 51.4 Å². The summed E-state index contributed by atoms with van der Waals surface area (Å²) >= 11 is 7.51. The number of halogens is 2. The van der Waals surface area contributed by atoms with Gasteiger partial charge in [0.05, 0.1) is 0 Å². The van der Waals surface area contributed by atoms with E-state index in [-0.39, 0.29) is 0 Å². The number of unbranched alkanes of at least 4 members (excludes halogenated alkanes) is 2. The second-order valence-electron chi connectivity index (χ2n) is 4.06. The van der Waals surface area contributed by atoms with Crippen LogP contribution in [-0.2, 0) is 0 Å². The molecule has 2 unspecified atom stereocenters. The second-order valence-corrected chi connectivity index (χ2v) is 6.65. The van der Waals surface area contributed by atoms with Crippen LogP contribution in [-0.4, -0.2) is 9.65 Å². The fourth-order valence-corrected chi connectivity index (χ4v) is 2.68. The summed E-state index contributed by atoms with van der Waals surface area (Å²) in [5.41, 5.74) is 0. The van der Waals surface area contributed by atoms with E-state index < -0.39 is 0 Å². The van der Waals surface area contributed by atoms with Crippen molar-refractivity contribution < 1.29 is 0 Å². The number of hydrogen-bond acceptors (Lipinski definition) is 0. The Bertz CT molecular complexity index is 101. The quantitative estimate of drug-likeness (QED) is 0.478. The molecule has 0 aliphatic rings. The molecular weight excluding hydrogens is 304 g/mol. The van der Waals surface area contributed by atoms with Crippen molar-refractivity contribution in [1.29, 1.82) is 0 Å². The lowest BCUT2D eigenvalue weighted by Crippen LogP contribution is -2.04. The topological polar surface area (TPSA) is 0 Å². The molecule has 0 fully saturated rings. The molecule has 0 amide bonds. The van der Waals surface area contributed by atoms with Gasteiger partial charge in [-0.25, -0.2) is 0 Å². The summed E-state index contributed by atoms with van der Waals surface area (Å²) in [7, 11) is 0. The van der Waals surface area contributed by atoms with Crippen LogP contribution in [0.4, 0.5) is 0 Å². The first kappa shape index (κ1) is 15.0. The molecule has 0 bridgehead atoms. The van der Waals surface area contributed by atoms with Crippen molar-refractivity contribution in [2.24, 2.45) is 0 Å². The summed E-state index contributed by atoms with van der Waals surface area (Å²) in [6, 6.07) is 0. The van der Waals surface area contributed by atoms with Crippen LogP contribution in [0.1, 0.15) is 65.2 Å². The summed E-state index contributed by atoms with van der Waals surface area (Å²) in [6.45, 7) is 4.52. The van der Waals surface area contributed by atoms with Crippen LogP contribution in [0.2, 0.25) is 0 Å². The van der Waals surface area contributed by atoms with Gasteiger partial charge < -0.3 is 0 Å². The van der Waals surface area contributed by atoms with Crippen LogP contribution >= 0.6 is 31.9 Å². The van der Waals surface area contributed by atoms with Gasteiger partial charge in [0.15, 0.2) is 0 Å². The van der Waals surface area contributed by atoms with Crippen LogP contribution in [0.5, 0.6) is 0 Å². The summed E-state index contributed by atoms with van der Waals surface area (Å²) in [5, 5.41) is 0. The molecule has 0 rings (SSSR count). The van der Waals surface area contributed by atoms with Gasteiger partial charge in [-0.3, -0.25) is 0 Å². The van der Waals surface area contributed by atoms with Gasteiger partial charge in [0.2, 0.25) is 0 Å². The first-order valence-corrected chi connectivity index (χ1v) is 7.81. The van der Waals surface area contributed by atoms with Crippen LogP contribution in [0.3, 0.4) is 0 Å². The molecule has 2 heteroatoms. The Morgan fingerprint density at radius 1 is 0.714 bits per heavy atom. The molecule has 0 saturated carbocycles. The summed E-state index contributed by atoms with van der Waals surface area (Å²) in [5.74, 6) is 0. The van der Waals surface area contributed by atoms with Gasteiger partial charge >= 0.3 is 0 Å². The SMILES string of the molecule is CCCCC(Br)CCC(Br)CCCC. The second kappa shape index (κ2) is 10.5. The molecule has 0 nitrogen and oxygen atoms in total. The molecule has 0 aliphatic carbocycles. The lowest BCUT2D eigenvalue weighted by molar-refractivity contribution is 0.590. The molecule has 0 spiro atoms. The Kier molecular flexibility index (Phi) is 11.2. The Morgan fingerprint density at radius 2 is 1.07 bits per heavy atom. The fraction of sp³-hybridized carbons (Fsp3) is 1.00. The van der Waals surface area contributed by atoms with Gasteiger partial charge in [0, 0.05) is 9.65 Å². The molecule has 0 aromatic carbocycles. The average Bonchev–Trinajstić information content (AvgIpc) is 2.20. The molecule has 86 valence electrons. The maximum absolute atomic E-state index is 3.75. The highest BCUT2D eigenvalue weighted by Crippen LogP contribution is 2.21. The lowest BCUT2D eigenvalue weighted by atomic mass is 10.1. The van der Waals surface area contributed by atoms with Gasteiger partial charge in [-0.2, -0.15) is 0 Å². The molecule has 0 aromatic heterocycles. The van der Waals surface area contributed by atoms with Crippen molar-refractivity contribution in [3.05, 3.63) is 0 Å². The number of rotatable bonds is 9. The highest BCUT2D eigenvalue weighted by Gasteiger charge is 2.08. The zero-order valence-corrected chi connectivity index (χ0v) is 12.7. The highest BCUT2D eigenvalue weighted by atomic mass is 79.9. The Morgan fingerprint density at radius 3 is 1.36 bits per heavy atom. The summed E-state index contributed by atoms with van der Waals surface area (Å²) < 4.78 is 0. The highest BCUT2D eigenvalue weighted by molar-refractivity contribution is 9.09. The summed E-state index contributed by atoms with van der Waals surface area (Å²) in [4.78, 5) is 1.48. The Balaban J connectivity index is 3.31. The normalized spacial score (nSPS) is 15.4. The third-order valence-electron chi connectivity index (χ3n) is 2.53. The Labute approximate surface area is 106 Å². The van der Waals surface area contributed by atoms with Gasteiger partial charge in [-0.1, -0.05) is 71.4 Å². The zero-order valence-electron chi connectivity index (χ0n) is 9.57. The van der Waals surface area contributed by atoms with Crippen LogP contribution in [0, 0.1) is 0 Å². The minimum absolute atomic E-state index is 0.740. The van der Waals surface area contributed by atoms with E-state index in [2.05, 4.69) is 45.7 Å². The van der Waals surface area contributed by atoms with E-state index in [4.69, 9.17) is 0 Å². The molecule has 0 saturated heterocycles.